The number of nitrogens with one attached hydrogen (secondary N) is 1. The van der Waals surface area contributed by atoms with Gasteiger partial charge in [0.15, 0.2) is 11.7 Å². The van der Waals surface area contributed by atoms with Crippen LogP contribution in [0.5, 0.6) is 0 Å². The lowest BCUT2D eigenvalue weighted by atomic mass is 9.91. The second-order valence-corrected chi connectivity index (χ2v) is 10.3. The van der Waals surface area contributed by atoms with Gasteiger partial charge in [-0.2, -0.15) is 30.7 Å². The zero-order valence-corrected chi connectivity index (χ0v) is 22.7. The summed E-state index contributed by atoms with van der Waals surface area (Å²) in [7, 11) is 1.33. The van der Waals surface area contributed by atoms with Gasteiger partial charge < -0.3 is 26.2 Å². The number of halogens is 7. The highest BCUT2D eigenvalue weighted by atomic mass is 19.4. The number of nitrogens with zero attached hydrogens (tertiary/aromatic N) is 4. The summed E-state index contributed by atoms with van der Waals surface area (Å²) in [6, 6.07) is 2.83. The van der Waals surface area contributed by atoms with E-state index in [2.05, 4.69) is 22.0 Å². The molecule has 1 heterocycles. The summed E-state index contributed by atoms with van der Waals surface area (Å²) in [6.45, 7) is 4.16. The maximum absolute atomic E-state index is 15.7. The summed E-state index contributed by atoms with van der Waals surface area (Å²) in [5.74, 6) is -2.11. The molecule has 0 radical (unpaired) electrons. The van der Waals surface area contributed by atoms with Crippen molar-refractivity contribution in [1.29, 1.82) is 0 Å². The van der Waals surface area contributed by atoms with Crippen molar-refractivity contribution in [1.82, 2.24) is 15.1 Å². The van der Waals surface area contributed by atoms with E-state index in [0.717, 1.165) is 12.1 Å². The summed E-state index contributed by atoms with van der Waals surface area (Å²) in [4.78, 5) is 22.1. The molecule has 1 aromatic carbocycles. The molecule has 1 aliphatic carbocycles. The first kappa shape index (κ1) is 33.3. The highest BCUT2D eigenvalue weighted by Crippen LogP contribution is 2.50. The number of nitrogens with two attached hydrogens (primary N) is 1. The van der Waals surface area contributed by atoms with Crippen molar-refractivity contribution in [3.63, 3.8) is 0 Å². The van der Waals surface area contributed by atoms with E-state index in [0.29, 0.717) is 37.9 Å². The number of aliphatic hydroxyl groups excluding tert-OH is 1. The van der Waals surface area contributed by atoms with E-state index in [-0.39, 0.29) is 55.4 Å². The molecular weight excluding hydrogens is 577 g/mol. The fourth-order valence-corrected chi connectivity index (χ4v) is 4.82. The second kappa shape index (κ2) is 13.0. The average molecular weight is 611 g/mol. The Balaban J connectivity index is 1.77. The summed E-state index contributed by atoms with van der Waals surface area (Å²) in [5, 5.41) is 23.0. The third kappa shape index (κ3) is 7.39. The first-order valence-corrected chi connectivity index (χ1v) is 13.0. The van der Waals surface area contributed by atoms with Crippen molar-refractivity contribution in [3.05, 3.63) is 47.0 Å². The summed E-state index contributed by atoms with van der Waals surface area (Å²) < 4.78 is 95.1. The van der Waals surface area contributed by atoms with Crippen LogP contribution in [-0.2, 0) is 16.9 Å². The molecule has 2 atom stereocenters. The molecule has 3 rings (SSSR count). The SMILES string of the molecule is C=N/C(=C(/F)C(=NC)NCC1CCN(CC(N)=O)CC1O)N(Cc1ccc(C(O)(C(F)(F)F)C(F)(F)F)cc1)C1CC1. The third-order valence-electron chi connectivity index (χ3n) is 7.30. The number of aliphatic hydroxyl groups is 2. The van der Waals surface area contributed by atoms with Crippen molar-refractivity contribution in [2.75, 3.05) is 33.2 Å². The number of aliphatic imine (C=N–C) groups is 2. The highest BCUT2D eigenvalue weighted by molar-refractivity contribution is 5.96. The van der Waals surface area contributed by atoms with Gasteiger partial charge >= 0.3 is 12.4 Å². The number of likely N-dealkylation sites (tertiary alicyclic amines) is 1. The van der Waals surface area contributed by atoms with Crippen LogP contribution in [0.4, 0.5) is 30.7 Å². The molecule has 16 heteroatoms. The van der Waals surface area contributed by atoms with Gasteiger partial charge in [-0.15, -0.1) is 0 Å². The van der Waals surface area contributed by atoms with E-state index in [1.54, 1.807) is 4.90 Å². The Morgan fingerprint density at radius 1 is 1.14 bits per heavy atom. The maximum Gasteiger partial charge on any atom is 0.430 e. The first-order chi connectivity index (χ1) is 19.5. The van der Waals surface area contributed by atoms with Crippen molar-refractivity contribution >= 4 is 18.5 Å². The van der Waals surface area contributed by atoms with E-state index in [1.165, 1.54) is 11.9 Å². The molecule has 2 unspecified atom stereocenters. The first-order valence-electron chi connectivity index (χ1n) is 13.0. The van der Waals surface area contributed by atoms with Crippen LogP contribution in [0.3, 0.4) is 0 Å². The van der Waals surface area contributed by atoms with Crippen LogP contribution in [-0.4, -0.2) is 96.2 Å². The van der Waals surface area contributed by atoms with E-state index >= 15 is 4.39 Å². The van der Waals surface area contributed by atoms with Crippen LogP contribution in [0.25, 0.3) is 0 Å². The van der Waals surface area contributed by atoms with Gasteiger partial charge in [0.1, 0.15) is 0 Å². The zero-order valence-electron chi connectivity index (χ0n) is 22.7. The molecular formula is C26H33F7N6O3. The Labute approximate surface area is 237 Å². The standard InChI is InChI=1S/C26H33F7N6O3/c1-35-22(37-11-16-9-10-38(13-19(16)40)14-20(34)41)21(27)23(36-2)39(18-7-8-18)12-15-3-5-17(6-4-15)24(42,25(28,29)30)26(31,32)33/h3-6,16,18-19,40,42H,2,7-14H2,1H3,(H2,34,41)(H,35,37)/b23-21-. The molecule has 0 aromatic heterocycles. The molecule has 1 saturated carbocycles. The molecule has 0 bridgehead atoms. The molecule has 0 spiro atoms. The summed E-state index contributed by atoms with van der Waals surface area (Å²) in [6.07, 6.45) is -11.1. The molecule has 1 amide bonds. The number of carbonyl (C=O) groups is 1. The molecule has 2 aliphatic rings. The number of primary amides is 1. The number of carbonyl (C=O) groups excluding carboxylic acids is 1. The van der Waals surface area contributed by atoms with Crippen LogP contribution in [0.15, 0.2) is 45.9 Å². The molecule has 5 N–H and O–H groups in total. The predicted molar refractivity (Wildman–Crippen MR) is 140 cm³/mol. The minimum Gasteiger partial charge on any atom is -0.391 e. The summed E-state index contributed by atoms with van der Waals surface area (Å²) >= 11 is 0. The van der Waals surface area contributed by atoms with Crippen LogP contribution >= 0.6 is 0 Å². The lowest BCUT2D eigenvalue weighted by Crippen LogP contribution is -2.53. The molecule has 1 saturated heterocycles. The molecule has 1 aromatic rings. The van der Waals surface area contributed by atoms with E-state index < -0.39 is 41.4 Å². The smallest absolute Gasteiger partial charge is 0.391 e. The minimum absolute atomic E-state index is 0.00979. The lowest BCUT2D eigenvalue weighted by Gasteiger charge is -2.35. The zero-order chi connectivity index (χ0) is 31.5. The summed E-state index contributed by atoms with van der Waals surface area (Å²) in [5.41, 5.74) is -1.02. The number of benzene rings is 1. The van der Waals surface area contributed by atoms with E-state index in [1.807, 2.05) is 0 Å². The van der Waals surface area contributed by atoms with Gasteiger partial charge in [-0.3, -0.25) is 14.7 Å². The largest absolute Gasteiger partial charge is 0.430 e. The van der Waals surface area contributed by atoms with Crippen LogP contribution < -0.4 is 11.1 Å². The number of piperidine rings is 1. The van der Waals surface area contributed by atoms with Crippen LogP contribution in [0.2, 0.25) is 0 Å². The molecule has 234 valence electrons. The highest BCUT2D eigenvalue weighted by Gasteiger charge is 2.71. The predicted octanol–water partition coefficient (Wildman–Crippen LogP) is 2.59. The van der Waals surface area contributed by atoms with Gasteiger partial charge in [0, 0.05) is 44.2 Å². The number of alkyl halides is 6. The van der Waals surface area contributed by atoms with Crippen molar-refractivity contribution in [2.45, 2.75) is 55.9 Å². The number of β-amino-alcohol motifs (C(OH)–C–C–N with tert-alkyl or cyclic N) is 1. The van der Waals surface area contributed by atoms with Crippen LogP contribution in [0, 0.1) is 5.92 Å². The number of hydrogen-bond acceptors (Lipinski definition) is 7. The Hall–Kier alpha value is -3.24. The Kier molecular flexibility index (Phi) is 10.3. The number of rotatable bonds is 11. The Morgan fingerprint density at radius 2 is 1.74 bits per heavy atom. The van der Waals surface area contributed by atoms with Gasteiger partial charge in [0.05, 0.1) is 12.6 Å². The van der Waals surface area contributed by atoms with Gasteiger partial charge in [-0.05, 0) is 38.1 Å². The van der Waals surface area contributed by atoms with Gasteiger partial charge in [0.25, 0.3) is 5.60 Å². The molecule has 9 nitrogen and oxygen atoms in total. The lowest BCUT2D eigenvalue weighted by molar-refractivity contribution is -0.376. The number of amides is 1. The van der Waals surface area contributed by atoms with Gasteiger partial charge in [-0.25, -0.2) is 4.99 Å². The van der Waals surface area contributed by atoms with Crippen molar-refractivity contribution in [2.24, 2.45) is 21.6 Å². The monoisotopic (exact) mass is 610 g/mol. The quantitative estimate of drug-likeness (QED) is 0.173. The number of amidine groups is 1. The van der Waals surface area contributed by atoms with Crippen LogP contribution in [0.1, 0.15) is 30.4 Å². The fourth-order valence-electron chi connectivity index (χ4n) is 4.82. The van der Waals surface area contributed by atoms with Crippen molar-refractivity contribution < 1.29 is 45.7 Å². The Morgan fingerprint density at radius 3 is 2.19 bits per heavy atom. The van der Waals surface area contributed by atoms with E-state index in [9.17, 15) is 41.4 Å². The topological polar surface area (TPSA) is 127 Å². The average Bonchev–Trinajstić information content (AvgIpc) is 3.74. The maximum atomic E-state index is 15.7. The fraction of sp³-hybridized carbons (Fsp3) is 0.577. The normalized spacial score (nSPS) is 21.5. The molecule has 2 fully saturated rings. The molecule has 42 heavy (non-hydrogen) atoms. The second-order valence-electron chi connectivity index (χ2n) is 10.3. The Bertz CT molecular complexity index is 1170. The third-order valence-corrected chi connectivity index (χ3v) is 7.30. The number of hydrogen-bond donors (Lipinski definition) is 4. The van der Waals surface area contributed by atoms with E-state index in [4.69, 9.17) is 5.73 Å². The van der Waals surface area contributed by atoms with Gasteiger partial charge in [-0.1, -0.05) is 24.3 Å². The minimum atomic E-state index is -6.02. The van der Waals surface area contributed by atoms with Crippen molar-refractivity contribution in [3.8, 4) is 0 Å². The van der Waals surface area contributed by atoms with Gasteiger partial charge in [0.2, 0.25) is 11.7 Å². The molecule has 1 aliphatic heterocycles.